The third-order valence-corrected chi connectivity index (χ3v) is 4.47. The topological polar surface area (TPSA) is 119 Å². The summed E-state index contributed by atoms with van der Waals surface area (Å²) in [6, 6.07) is 13.1. The van der Waals surface area contributed by atoms with Crippen LogP contribution in [-0.4, -0.2) is 25.5 Å². The molecule has 0 aromatic heterocycles. The molecule has 1 aliphatic heterocycles. The summed E-state index contributed by atoms with van der Waals surface area (Å²) in [5, 5.41) is 5.17. The van der Waals surface area contributed by atoms with Crippen LogP contribution in [0.1, 0.15) is 37.8 Å². The predicted molar refractivity (Wildman–Crippen MR) is 107 cm³/mol. The largest absolute Gasteiger partial charge is 0.491 e. The summed E-state index contributed by atoms with van der Waals surface area (Å²) in [6.07, 6.45) is 4.29. The molecule has 7 nitrogen and oxygen atoms in total. The van der Waals surface area contributed by atoms with E-state index in [0.29, 0.717) is 23.5 Å². The molecule has 2 amide bonds. The summed E-state index contributed by atoms with van der Waals surface area (Å²) in [5.74, 6) is -0.177. The zero-order valence-corrected chi connectivity index (χ0v) is 15.4. The van der Waals surface area contributed by atoms with Crippen molar-refractivity contribution in [1.82, 2.24) is 10.6 Å². The van der Waals surface area contributed by atoms with E-state index in [2.05, 4.69) is 10.6 Å². The second kappa shape index (κ2) is 8.30. The van der Waals surface area contributed by atoms with Crippen LogP contribution in [0.4, 0.5) is 0 Å². The SMILES string of the molecule is CNC(=O)c1cc(C(=O)N/C(N)=C/C=C\N)cc2c1OCC2c1ccccc1. The van der Waals surface area contributed by atoms with Gasteiger partial charge in [-0.15, -0.1) is 0 Å². The van der Waals surface area contributed by atoms with Crippen molar-refractivity contribution in [3.63, 3.8) is 0 Å². The van der Waals surface area contributed by atoms with Gasteiger partial charge in [-0.1, -0.05) is 30.3 Å². The van der Waals surface area contributed by atoms with Crippen LogP contribution in [0.5, 0.6) is 5.75 Å². The van der Waals surface area contributed by atoms with Crippen LogP contribution in [-0.2, 0) is 0 Å². The van der Waals surface area contributed by atoms with Crippen LogP contribution in [0.2, 0.25) is 0 Å². The number of allylic oxidation sites excluding steroid dienone is 2. The van der Waals surface area contributed by atoms with E-state index >= 15 is 0 Å². The van der Waals surface area contributed by atoms with Gasteiger partial charge in [-0.2, -0.15) is 0 Å². The fourth-order valence-corrected chi connectivity index (χ4v) is 3.13. The number of ether oxygens (including phenoxy) is 1. The Morgan fingerprint density at radius 3 is 2.61 bits per heavy atom. The Bertz CT molecular complexity index is 952. The average molecular weight is 378 g/mol. The molecule has 144 valence electrons. The lowest BCUT2D eigenvalue weighted by atomic mass is 9.90. The van der Waals surface area contributed by atoms with Gasteiger partial charge in [0.1, 0.15) is 11.6 Å². The van der Waals surface area contributed by atoms with E-state index < -0.39 is 5.91 Å². The van der Waals surface area contributed by atoms with E-state index in [1.807, 2.05) is 30.3 Å². The van der Waals surface area contributed by atoms with Crippen molar-refractivity contribution < 1.29 is 14.3 Å². The van der Waals surface area contributed by atoms with Crippen LogP contribution < -0.4 is 26.8 Å². The van der Waals surface area contributed by atoms with E-state index in [1.165, 1.54) is 31.5 Å². The van der Waals surface area contributed by atoms with E-state index in [1.54, 1.807) is 6.07 Å². The van der Waals surface area contributed by atoms with Gasteiger partial charge in [0.05, 0.1) is 12.2 Å². The summed E-state index contributed by atoms with van der Waals surface area (Å²) in [6.45, 7) is 0.401. The third kappa shape index (κ3) is 3.83. The van der Waals surface area contributed by atoms with Crippen molar-refractivity contribution in [2.75, 3.05) is 13.7 Å². The molecule has 1 atom stereocenters. The average Bonchev–Trinajstić information content (AvgIpc) is 3.15. The lowest BCUT2D eigenvalue weighted by Gasteiger charge is -2.13. The Kier molecular flexibility index (Phi) is 5.64. The fourth-order valence-electron chi connectivity index (χ4n) is 3.13. The number of fused-ring (bicyclic) bond motifs is 1. The number of nitrogens with two attached hydrogens (primary N) is 2. The lowest BCUT2D eigenvalue weighted by molar-refractivity contribution is 0.0960. The van der Waals surface area contributed by atoms with Crippen molar-refractivity contribution in [2.24, 2.45) is 11.5 Å². The molecule has 0 radical (unpaired) electrons. The van der Waals surface area contributed by atoms with Crippen molar-refractivity contribution >= 4 is 11.8 Å². The highest BCUT2D eigenvalue weighted by atomic mass is 16.5. The van der Waals surface area contributed by atoms with Gasteiger partial charge in [0, 0.05) is 24.1 Å². The number of rotatable bonds is 5. The lowest BCUT2D eigenvalue weighted by Crippen LogP contribution is -2.28. The smallest absolute Gasteiger partial charge is 0.256 e. The van der Waals surface area contributed by atoms with Crippen LogP contribution in [0, 0.1) is 0 Å². The number of benzene rings is 2. The number of carbonyl (C=O) groups is 2. The maximum absolute atomic E-state index is 12.7. The van der Waals surface area contributed by atoms with Crippen molar-refractivity contribution in [2.45, 2.75) is 5.92 Å². The van der Waals surface area contributed by atoms with Crippen LogP contribution in [0.3, 0.4) is 0 Å². The molecule has 1 aliphatic rings. The highest BCUT2D eigenvalue weighted by Crippen LogP contribution is 2.41. The molecule has 28 heavy (non-hydrogen) atoms. The molecule has 0 saturated heterocycles. The van der Waals surface area contributed by atoms with Crippen LogP contribution in [0.15, 0.2) is 66.6 Å². The molecule has 1 unspecified atom stereocenters. The first kappa shape index (κ1) is 19.0. The summed E-state index contributed by atoms with van der Waals surface area (Å²) < 4.78 is 5.84. The molecule has 1 heterocycles. The molecule has 0 fully saturated rings. The Morgan fingerprint density at radius 2 is 1.93 bits per heavy atom. The van der Waals surface area contributed by atoms with Gasteiger partial charge < -0.3 is 26.8 Å². The monoisotopic (exact) mass is 378 g/mol. The van der Waals surface area contributed by atoms with E-state index in [-0.39, 0.29) is 17.6 Å². The highest BCUT2D eigenvalue weighted by Gasteiger charge is 2.31. The second-order valence-electron chi connectivity index (χ2n) is 6.26. The maximum Gasteiger partial charge on any atom is 0.256 e. The number of nitrogens with one attached hydrogen (secondary N) is 2. The van der Waals surface area contributed by atoms with Crippen LogP contribution >= 0.6 is 0 Å². The van der Waals surface area contributed by atoms with Gasteiger partial charge in [0.15, 0.2) is 0 Å². The highest BCUT2D eigenvalue weighted by molar-refractivity contribution is 6.02. The van der Waals surface area contributed by atoms with E-state index in [9.17, 15) is 9.59 Å². The summed E-state index contributed by atoms with van der Waals surface area (Å²) in [5.41, 5.74) is 13.5. The first-order valence-corrected chi connectivity index (χ1v) is 8.78. The normalized spacial score (nSPS) is 15.8. The molecule has 0 aliphatic carbocycles. The molecule has 6 N–H and O–H groups in total. The fraction of sp³-hybridized carbons (Fsp3) is 0.143. The number of hydrogen-bond acceptors (Lipinski definition) is 5. The van der Waals surface area contributed by atoms with Crippen molar-refractivity contribution in [3.8, 4) is 5.75 Å². The zero-order valence-electron chi connectivity index (χ0n) is 15.4. The Balaban J connectivity index is 2.03. The van der Waals surface area contributed by atoms with Gasteiger partial charge in [-0.05, 0) is 36.0 Å². The van der Waals surface area contributed by atoms with Crippen molar-refractivity contribution in [1.29, 1.82) is 0 Å². The molecule has 0 bridgehead atoms. The van der Waals surface area contributed by atoms with Crippen LogP contribution in [0.25, 0.3) is 0 Å². The van der Waals surface area contributed by atoms with Gasteiger partial charge >= 0.3 is 0 Å². The Morgan fingerprint density at radius 1 is 1.18 bits per heavy atom. The zero-order chi connectivity index (χ0) is 20.1. The third-order valence-electron chi connectivity index (χ3n) is 4.47. The number of amides is 2. The predicted octanol–water partition coefficient (Wildman–Crippen LogP) is 1.57. The van der Waals surface area contributed by atoms with E-state index in [4.69, 9.17) is 16.2 Å². The Labute approximate surface area is 163 Å². The molecule has 2 aromatic rings. The quantitative estimate of drug-likeness (QED) is 0.589. The molecule has 0 saturated carbocycles. The molecule has 0 spiro atoms. The minimum atomic E-state index is -0.425. The van der Waals surface area contributed by atoms with Gasteiger partial charge in [-0.3, -0.25) is 9.59 Å². The second-order valence-corrected chi connectivity index (χ2v) is 6.26. The van der Waals surface area contributed by atoms with Gasteiger partial charge in [0.25, 0.3) is 11.8 Å². The minimum Gasteiger partial charge on any atom is -0.491 e. The minimum absolute atomic E-state index is 0.0691. The van der Waals surface area contributed by atoms with Crippen molar-refractivity contribution in [3.05, 3.63) is 88.9 Å². The summed E-state index contributed by atoms with van der Waals surface area (Å²) in [4.78, 5) is 25.0. The van der Waals surface area contributed by atoms with Gasteiger partial charge in [-0.25, -0.2) is 0 Å². The molecular weight excluding hydrogens is 356 g/mol. The molecule has 2 aromatic carbocycles. The maximum atomic E-state index is 12.7. The molecule has 7 heteroatoms. The summed E-state index contributed by atoms with van der Waals surface area (Å²) >= 11 is 0. The standard InChI is InChI=1S/C21H22N4O3/c1-24-21(27)16-11-14(20(26)25-18(23)8-5-9-22)10-15-17(12-28-19(15)16)13-6-3-2-4-7-13/h2-11,17H,12,22-23H2,1H3,(H,24,27)(H,25,26)/b9-5-,18-8+. The first-order chi connectivity index (χ1) is 13.5. The number of carbonyl (C=O) groups excluding carboxylic acids is 2. The first-order valence-electron chi connectivity index (χ1n) is 8.78. The number of hydrogen-bond donors (Lipinski definition) is 4. The summed E-state index contributed by atoms with van der Waals surface area (Å²) in [7, 11) is 1.53. The molecular formula is C21H22N4O3. The molecule has 3 rings (SSSR count). The van der Waals surface area contributed by atoms with Gasteiger partial charge in [0.2, 0.25) is 0 Å². The Hall–Kier alpha value is -3.74. The van der Waals surface area contributed by atoms with E-state index in [0.717, 1.165) is 11.1 Å².